The fourth-order valence-electron chi connectivity index (χ4n) is 2.50. The van der Waals surface area contributed by atoms with E-state index in [1.54, 1.807) is 42.8 Å². The second-order valence-electron chi connectivity index (χ2n) is 5.81. The quantitative estimate of drug-likeness (QED) is 0.785. The van der Waals surface area contributed by atoms with E-state index < -0.39 is 5.54 Å². The zero-order valence-electron chi connectivity index (χ0n) is 12.4. The van der Waals surface area contributed by atoms with Crippen molar-refractivity contribution in [2.75, 3.05) is 25.9 Å². The highest BCUT2D eigenvalue weighted by atomic mass is 16.2. The van der Waals surface area contributed by atoms with Gasteiger partial charge in [0.1, 0.15) is 5.54 Å². The van der Waals surface area contributed by atoms with Crippen molar-refractivity contribution in [2.45, 2.75) is 26.3 Å². The van der Waals surface area contributed by atoms with E-state index in [-0.39, 0.29) is 11.8 Å². The van der Waals surface area contributed by atoms with Crippen LogP contribution in [0, 0.1) is 6.92 Å². The number of likely N-dealkylation sites (N-methyl/N-ethyl adjacent to an activating group) is 1. The summed E-state index contributed by atoms with van der Waals surface area (Å²) in [6.45, 7) is 6.53. The summed E-state index contributed by atoms with van der Waals surface area (Å²) in [5.41, 5.74) is 7.09. The van der Waals surface area contributed by atoms with Crippen LogP contribution in [0.5, 0.6) is 0 Å². The van der Waals surface area contributed by atoms with Gasteiger partial charge >= 0.3 is 0 Å². The molecule has 2 amide bonds. The first-order chi connectivity index (χ1) is 9.25. The molecule has 1 aliphatic rings. The lowest BCUT2D eigenvalue weighted by molar-refractivity contribution is -0.144. The van der Waals surface area contributed by atoms with E-state index in [1.807, 2.05) is 13.0 Å². The Morgan fingerprint density at radius 1 is 1.30 bits per heavy atom. The highest BCUT2D eigenvalue weighted by Crippen LogP contribution is 2.25. The Morgan fingerprint density at radius 3 is 2.55 bits per heavy atom. The van der Waals surface area contributed by atoms with Crippen LogP contribution in [0.2, 0.25) is 0 Å². The van der Waals surface area contributed by atoms with Crippen molar-refractivity contribution in [1.29, 1.82) is 0 Å². The van der Waals surface area contributed by atoms with Crippen LogP contribution in [0.3, 0.4) is 0 Å². The third-order valence-corrected chi connectivity index (χ3v) is 3.98. The molecule has 1 saturated heterocycles. The van der Waals surface area contributed by atoms with Crippen molar-refractivity contribution in [2.24, 2.45) is 0 Å². The molecule has 5 heteroatoms. The molecule has 0 aliphatic carbocycles. The van der Waals surface area contributed by atoms with Gasteiger partial charge < -0.3 is 15.5 Å². The van der Waals surface area contributed by atoms with Crippen molar-refractivity contribution >= 4 is 17.5 Å². The summed E-state index contributed by atoms with van der Waals surface area (Å²) in [6, 6.07) is 5.26. The summed E-state index contributed by atoms with van der Waals surface area (Å²) in [4.78, 5) is 28.1. The fourth-order valence-corrected chi connectivity index (χ4v) is 2.50. The first-order valence-electron chi connectivity index (χ1n) is 6.69. The monoisotopic (exact) mass is 275 g/mol. The number of carbonyl (C=O) groups excluding carboxylic acids is 2. The molecule has 2 N–H and O–H groups in total. The molecule has 0 aromatic heterocycles. The number of hydrogen-bond donors (Lipinski definition) is 1. The highest BCUT2D eigenvalue weighted by molar-refractivity contribution is 6.00. The minimum Gasteiger partial charge on any atom is -0.398 e. The number of aryl methyl sites for hydroxylation is 1. The molecule has 1 heterocycles. The lowest BCUT2D eigenvalue weighted by Crippen LogP contribution is -2.63. The van der Waals surface area contributed by atoms with Gasteiger partial charge in [0.25, 0.3) is 5.91 Å². The average molecular weight is 275 g/mol. The number of piperazine rings is 1. The van der Waals surface area contributed by atoms with E-state index >= 15 is 0 Å². The average Bonchev–Trinajstić information content (AvgIpc) is 2.39. The van der Waals surface area contributed by atoms with Crippen molar-refractivity contribution in [3.05, 3.63) is 29.3 Å². The van der Waals surface area contributed by atoms with Crippen LogP contribution in [0.15, 0.2) is 18.2 Å². The molecule has 0 unspecified atom stereocenters. The zero-order chi connectivity index (χ0) is 15.1. The minimum absolute atomic E-state index is 0.0443. The minimum atomic E-state index is -0.830. The van der Waals surface area contributed by atoms with Gasteiger partial charge in [0, 0.05) is 31.4 Å². The van der Waals surface area contributed by atoms with Crippen LogP contribution in [-0.4, -0.2) is 47.3 Å². The smallest absolute Gasteiger partial charge is 0.254 e. The molecular weight excluding hydrogens is 254 g/mol. The Labute approximate surface area is 119 Å². The normalized spacial score (nSPS) is 18.3. The maximum absolute atomic E-state index is 12.6. The van der Waals surface area contributed by atoms with Gasteiger partial charge in [-0.15, -0.1) is 0 Å². The molecule has 1 aliphatic heterocycles. The molecule has 1 aromatic rings. The van der Waals surface area contributed by atoms with Gasteiger partial charge in [-0.3, -0.25) is 9.59 Å². The third kappa shape index (κ3) is 2.24. The molecule has 0 atom stereocenters. The number of benzene rings is 1. The predicted octanol–water partition coefficient (Wildman–Crippen LogP) is 1.27. The Bertz CT molecular complexity index is 566. The number of amides is 2. The number of nitrogens with two attached hydrogens (primary N) is 1. The second kappa shape index (κ2) is 4.81. The molecule has 1 fully saturated rings. The van der Waals surface area contributed by atoms with E-state index in [2.05, 4.69) is 0 Å². The predicted molar refractivity (Wildman–Crippen MR) is 78.3 cm³/mol. The number of carbonyl (C=O) groups is 2. The molecule has 108 valence electrons. The van der Waals surface area contributed by atoms with Gasteiger partial charge in [0.2, 0.25) is 5.91 Å². The van der Waals surface area contributed by atoms with Gasteiger partial charge in [-0.1, -0.05) is 6.07 Å². The van der Waals surface area contributed by atoms with Gasteiger partial charge in [-0.05, 0) is 38.5 Å². The van der Waals surface area contributed by atoms with Crippen LogP contribution in [0.4, 0.5) is 5.69 Å². The Kier molecular flexibility index (Phi) is 3.46. The fraction of sp³-hybridized carbons (Fsp3) is 0.467. The summed E-state index contributed by atoms with van der Waals surface area (Å²) in [5, 5.41) is 0. The molecule has 0 saturated carbocycles. The van der Waals surface area contributed by atoms with E-state index in [4.69, 9.17) is 5.73 Å². The molecule has 0 bridgehead atoms. The van der Waals surface area contributed by atoms with Crippen LogP contribution in [-0.2, 0) is 4.79 Å². The summed E-state index contributed by atoms with van der Waals surface area (Å²) in [5.74, 6) is -0.194. The first-order valence-corrected chi connectivity index (χ1v) is 6.69. The molecule has 5 nitrogen and oxygen atoms in total. The highest BCUT2D eigenvalue weighted by Gasteiger charge is 2.43. The SMILES string of the molecule is Cc1ccc(C(=O)N2CCN(C)C(=O)C2(C)C)cc1N. The van der Waals surface area contributed by atoms with E-state index in [1.165, 1.54) is 0 Å². The summed E-state index contributed by atoms with van der Waals surface area (Å²) in [6.07, 6.45) is 0. The largest absolute Gasteiger partial charge is 0.398 e. The van der Waals surface area contributed by atoms with Crippen LogP contribution < -0.4 is 5.73 Å². The molecule has 20 heavy (non-hydrogen) atoms. The summed E-state index contributed by atoms with van der Waals surface area (Å²) >= 11 is 0. The molecule has 1 aromatic carbocycles. The summed E-state index contributed by atoms with van der Waals surface area (Å²) < 4.78 is 0. The zero-order valence-corrected chi connectivity index (χ0v) is 12.4. The van der Waals surface area contributed by atoms with Crippen LogP contribution >= 0.6 is 0 Å². The molecule has 0 spiro atoms. The van der Waals surface area contributed by atoms with E-state index in [0.29, 0.717) is 24.3 Å². The maximum Gasteiger partial charge on any atom is 0.254 e. The third-order valence-electron chi connectivity index (χ3n) is 3.98. The van der Waals surface area contributed by atoms with Gasteiger partial charge in [-0.25, -0.2) is 0 Å². The second-order valence-corrected chi connectivity index (χ2v) is 5.81. The summed E-state index contributed by atoms with van der Waals surface area (Å²) in [7, 11) is 1.76. The maximum atomic E-state index is 12.6. The van der Waals surface area contributed by atoms with Crippen LogP contribution in [0.1, 0.15) is 29.8 Å². The van der Waals surface area contributed by atoms with Crippen LogP contribution in [0.25, 0.3) is 0 Å². The number of nitrogens with zero attached hydrogens (tertiary/aromatic N) is 2. The topological polar surface area (TPSA) is 66.6 Å². The van der Waals surface area contributed by atoms with E-state index in [9.17, 15) is 9.59 Å². The Morgan fingerprint density at radius 2 is 1.95 bits per heavy atom. The Hall–Kier alpha value is -2.04. The number of rotatable bonds is 1. The van der Waals surface area contributed by atoms with E-state index in [0.717, 1.165) is 5.56 Å². The lowest BCUT2D eigenvalue weighted by atomic mass is 9.96. The van der Waals surface area contributed by atoms with Gasteiger partial charge in [0.05, 0.1) is 0 Å². The molecule has 2 rings (SSSR count). The standard InChI is InChI=1S/C15H21N3O2/c1-10-5-6-11(9-12(10)16)13(19)18-8-7-17(4)14(20)15(18,2)3/h5-6,9H,7-8,16H2,1-4H3. The van der Waals surface area contributed by atoms with Crippen molar-refractivity contribution in [3.63, 3.8) is 0 Å². The first kappa shape index (κ1) is 14.4. The van der Waals surface area contributed by atoms with Gasteiger partial charge in [-0.2, -0.15) is 0 Å². The van der Waals surface area contributed by atoms with Crippen molar-refractivity contribution in [1.82, 2.24) is 9.80 Å². The molecular formula is C15H21N3O2. The lowest BCUT2D eigenvalue weighted by Gasteiger charge is -2.44. The number of nitrogen functional groups attached to an aromatic ring is 1. The number of anilines is 1. The molecule has 0 radical (unpaired) electrons. The Balaban J connectivity index is 2.33. The van der Waals surface area contributed by atoms with Crippen molar-refractivity contribution < 1.29 is 9.59 Å². The van der Waals surface area contributed by atoms with Gasteiger partial charge in [0.15, 0.2) is 0 Å². The van der Waals surface area contributed by atoms with Crippen molar-refractivity contribution in [3.8, 4) is 0 Å². The number of hydrogen-bond acceptors (Lipinski definition) is 3.